The minimum atomic E-state index is -0.786. The van der Waals surface area contributed by atoms with E-state index in [4.69, 9.17) is 4.74 Å². The molecule has 0 bridgehead atoms. The molecule has 1 amide bonds. The summed E-state index contributed by atoms with van der Waals surface area (Å²) in [5.74, 6) is 4.81. The fourth-order valence-corrected chi connectivity index (χ4v) is 3.98. The lowest BCUT2D eigenvalue weighted by Gasteiger charge is -2.27. The Bertz CT molecular complexity index is 1310. The summed E-state index contributed by atoms with van der Waals surface area (Å²) in [5.41, 5.74) is 4.04. The van der Waals surface area contributed by atoms with Gasteiger partial charge in [0.1, 0.15) is 5.82 Å². The molecule has 198 valence electrons. The Balaban J connectivity index is 1.81. The van der Waals surface area contributed by atoms with E-state index in [9.17, 15) is 14.0 Å². The van der Waals surface area contributed by atoms with Gasteiger partial charge in [-0.3, -0.25) is 4.79 Å². The monoisotopic (exact) mass is 513 g/mol. The number of anilines is 1. The van der Waals surface area contributed by atoms with E-state index in [1.54, 1.807) is 4.90 Å². The molecule has 0 fully saturated rings. The molecule has 0 unspecified atom stereocenters. The lowest BCUT2D eigenvalue weighted by atomic mass is 9.91. The summed E-state index contributed by atoms with van der Waals surface area (Å²) >= 11 is 0. The second-order valence-corrected chi connectivity index (χ2v) is 10.6. The smallest absolute Gasteiger partial charge is 0.340 e. The summed E-state index contributed by atoms with van der Waals surface area (Å²) in [4.78, 5) is 26.9. The number of hydrogen-bond acceptors (Lipinski definition) is 3. The number of carbonyl (C=O) groups excluding carboxylic acids is 2. The maximum Gasteiger partial charge on any atom is 0.340 e. The van der Waals surface area contributed by atoms with Gasteiger partial charge in [-0.15, -0.1) is 0 Å². The van der Waals surface area contributed by atoms with E-state index in [1.165, 1.54) is 43.7 Å². The zero-order valence-corrected chi connectivity index (χ0v) is 22.9. The maximum absolute atomic E-state index is 14.3. The van der Waals surface area contributed by atoms with Crippen LogP contribution in [0.15, 0.2) is 66.7 Å². The summed E-state index contributed by atoms with van der Waals surface area (Å²) in [6.45, 7) is 8.42. The van der Waals surface area contributed by atoms with Crippen LogP contribution < -0.4 is 4.90 Å². The summed E-state index contributed by atoms with van der Waals surface area (Å²) < 4.78 is 19.0. The van der Waals surface area contributed by atoms with E-state index in [2.05, 4.69) is 43.0 Å². The van der Waals surface area contributed by atoms with Gasteiger partial charge < -0.3 is 9.64 Å². The Morgan fingerprint density at radius 3 is 2.00 bits per heavy atom. The molecule has 0 atom stereocenters. The molecule has 3 rings (SSSR count). The van der Waals surface area contributed by atoms with Gasteiger partial charge in [0.15, 0.2) is 0 Å². The van der Waals surface area contributed by atoms with Crippen LogP contribution in [-0.4, -0.2) is 19.0 Å². The van der Waals surface area contributed by atoms with Gasteiger partial charge in [0.05, 0.1) is 19.2 Å². The van der Waals surface area contributed by atoms with Gasteiger partial charge in [0, 0.05) is 23.2 Å². The lowest BCUT2D eigenvalue weighted by molar-refractivity contribution is -0.120. The summed E-state index contributed by atoms with van der Waals surface area (Å²) in [6, 6.07) is 20.1. The lowest BCUT2D eigenvalue weighted by Crippen LogP contribution is -2.33. The van der Waals surface area contributed by atoms with Crippen LogP contribution in [0.5, 0.6) is 0 Å². The fraction of sp³-hybridized carbons (Fsp3) is 0.333. The number of ether oxygens (including phenoxy) is 1. The number of benzene rings is 3. The highest BCUT2D eigenvalue weighted by Crippen LogP contribution is 2.27. The molecule has 38 heavy (non-hydrogen) atoms. The molecule has 0 saturated carbocycles. The Hall–Kier alpha value is -3.91. The van der Waals surface area contributed by atoms with Crippen LogP contribution in [0.25, 0.3) is 0 Å². The minimum Gasteiger partial charge on any atom is -0.465 e. The first-order valence-electron chi connectivity index (χ1n) is 13.0. The predicted octanol–water partition coefficient (Wildman–Crippen LogP) is 7.32. The van der Waals surface area contributed by atoms with Crippen LogP contribution in [0.2, 0.25) is 0 Å². The molecular formula is C33H36FNO3. The Morgan fingerprint density at radius 2 is 1.47 bits per heavy atom. The van der Waals surface area contributed by atoms with E-state index < -0.39 is 11.8 Å². The third kappa shape index (κ3) is 8.31. The molecule has 0 spiro atoms. The van der Waals surface area contributed by atoms with Crippen molar-refractivity contribution in [2.75, 3.05) is 12.0 Å². The highest BCUT2D eigenvalue weighted by molar-refractivity contribution is 5.96. The van der Waals surface area contributed by atoms with Crippen molar-refractivity contribution in [2.24, 2.45) is 5.41 Å². The second kappa shape index (κ2) is 13.1. The van der Waals surface area contributed by atoms with Gasteiger partial charge in [-0.25, -0.2) is 9.18 Å². The second-order valence-electron chi connectivity index (χ2n) is 10.6. The highest BCUT2D eigenvalue weighted by Gasteiger charge is 2.24. The van der Waals surface area contributed by atoms with Crippen molar-refractivity contribution in [3.8, 4) is 11.8 Å². The molecule has 0 N–H and O–H groups in total. The first-order valence-corrected chi connectivity index (χ1v) is 13.0. The summed E-state index contributed by atoms with van der Waals surface area (Å²) in [5, 5.41) is 0. The molecule has 0 aliphatic heterocycles. The van der Waals surface area contributed by atoms with E-state index >= 15 is 0 Å². The number of methoxy groups -OCH3 is 1. The van der Waals surface area contributed by atoms with Crippen LogP contribution in [0.4, 0.5) is 10.1 Å². The molecule has 0 heterocycles. The highest BCUT2D eigenvalue weighted by atomic mass is 19.1. The van der Waals surface area contributed by atoms with Gasteiger partial charge in [-0.2, -0.15) is 0 Å². The molecule has 0 saturated heterocycles. The minimum absolute atomic E-state index is 0.119. The van der Waals surface area contributed by atoms with Crippen LogP contribution in [0, 0.1) is 23.1 Å². The van der Waals surface area contributed by atoms with E-state index in [1.807, 2.05) is 45.0 Å². The standard InChI is InChI=1S/C33H36FNO3/c1-6-7-8-24-9-11-25(12-10-24)13-14-26-15-17-27(18-16-26)23-35(31(36)22-33(2,3)4)28-19-20-30(34)29(21-28)32(37)38-5/h9-12,15-21H,6-8,22-23H2,1-5H3. The molecule has 0 aliphatic rings. The van der Waals surface area contributed by atoms with Crippen molar-refractivity contribution >= 4 is 17.6 Å². The first-order chi connectivity index (χ1) is 18.1. The number of amides is 1. The number of carbonyl (C=O) groups is 2. The number of unbranched alkanes of at least 4 members (excludes halogenated alkanes) is 1. The Kier molecular flexibility index (Phi) is 9.85. The number of halogens is 1. The molecule has 0 aromatic heterocycles. The first kappa shape index (κ1) is 28.7. The third-order valence-corrected chi connectivity index (χ3v) is 6.07. The Labute approximate surface area is 225 Å². The van der Waals surface area contributed by atoms with Crippen LogP contribution in [-0.2, 0) is 22.5 Å². The number of rotatable bonds is 8. The average Bonchev–Trinajstić information content (AvgIpc) is 2.89. The quantitative estimate of drug-likeness (QED) is 0.234. The molecule has 0 radical (unpaired) electrons. The van der Waals surface area contributed by atoms with Crippen LogP contribution in [0.3, 0.4) is 0 Å². The largest absolute Gasteiger partial charge is 0.465 e. The molecular weight excluding hydrogens is 477 g/mol. The van der Waals surface area contributed by atoms with E-state index in [0.29, 0.717) is 12.1 Å². The van der Waals surface area contributed by atoms with E-state index in [0.717, 1.165) is 23.1 Å². The maximum atomic E-state index is 14.3. The molecule has 5 heteroatoms. The van der Waals surface area contributed by atoms with Crippen LogP contribution in [0.1, 0.15) is 79.6 Å². The fourth-order valence-electron chi connectivity index (χ4n) is 3.98. The van der Waals surface area contributed by atoms with Crippen molar-refractivity contribution in [3.05, 3.63) is 100 Å². The van der Waals surface area contributed by atoms with Crippen molar-refractivity contribution in [1.29, 1.82) is 0 Å². The van der Waals surface area contributed by atoms with Gasteiger partial charge in [0.25, 0.3) is 0 Å². The molecule has 4 nitrogen and oxygen atoms in total. The normalized spacial score (nSPS) is 10.9. The zero-order valence-electron chi connectivity index (χ0n) is 22.9. The third-order valence-electron chi connectivity index (χ3n) is 6.07. The summed E-state index contributed by atoms with van der Waals surface area (Å²) in [7, 11) is 1.20. The predicted molar refractivity (Wildman–Crippen MR) is 150 cm³/mol. The van der Waals surface area contributed by atoms with Crippen molar-refractivity contribution in [1.82, 2.24) is 0 Å². The number of esters is 1. The zero-order chi connectivity index (χ0) is 27.7. The van der Waals surface area contributed by atoms with Gasteiger partial charge in [0.2, 0.25) is 5.91 Å². The number of aryl methyl sites for hydroxylation is 1. The van der Waals surface area contributed by atoms with Gasteiger partial charge in [-0.05, 0) is 71.8 Å². The SMILES string of the molecule is CCCCc1ccc(C#Cc2ccc(CN(C(=O)CC(C)(C)C)c3ccc(F)c(C(=O)OC)c3)cc2)cc1. The molecule has 3 aromatic rings. The number of hydrogen-bond donors (Lipinski definition) is 0. The Morgan fingerprint density at radius 1 is 0.895 bits per heavy atom. The van der Waals surface area contributed by atoms with E-state index in [-0.39, 0.29) is 23.4 Å². The average molecular weight is 514 g/mol. The van der Waals surface area contributed by atoms with Gasteiger partial charge in [-0.1, -0.05) is 70.2 Å². The number of nitrogens with zero attached hydrogens (tertiary/aromatic N) is 1. The topological polar surface area (TPSA) is 46.6 Å². The van der Waals surface area contributed by atoms with Crippen molar-refractivity contribution in [2.45, 2.75) is 59.9 Å². The summed E-state index contributed by atoms with van der Waals surface area (Å²) in [6.07, 6.45) is 3.74. The molecule has 0 aliphatic carbocycles. The van der Waals surface area contributed by atoms with Crippen LogP contribution >= 0.6 is 0 Å². The molecule has 3 aromatic carbocycles. The van der Waals surface area contributed by atoms with Crippen molar-refractivity contribution < 1.29 is 18.7 Å². The van der Waals surface area contributed by atoms with Gasteiger partial charge >= 0.3 is 5.97 Å². The van der Waals surface area contributed by atoms with Crippen molar-refractivity contribution in [3.63, 3.8) is 0 Å².